The van der Waals surface area contributed by atoms with Crippen LogP contribution in [0.25, 0.3) is 121 Å². The average Bonchev–Trinajstić information content (AvgIpc) is 1.10. The van der Waals surface area contributed by atoms with Crippen LogP contribution in [-0.2, 0) is 0 Å². The quantitative estimate of drug-likeness (QED) is 0.128. The Morgan fingerprint density at radius 1 is 0.250 bits per heavy atom. The molecule has 16 rings (SSSR count). The van der Waals surface area contributed by atoms with Gasteiger partial charge in [0.2, 0.25) is 0 Å². The minimum Gasteiger partial charge on any atom is -0.455 e. The summed E-state index contributed by atoms with van der Waals surface area (Å²) in [5.41, 5.74) is 24.0. The SMILES string of the molecule is Cc1cc(-c2cccc3c2oc2ccccc23)cc(C)c1N(c1ccccc1)c1cc(-c2ccccc2)c2ccc3c(N(c4ccccc4)c4c(C)cc(-c5cccc6c5oc5ccccc56)cc4C)cc(-c4ccccc4)c4ccc1c2c43. The van der Waals surface area contributed by atoms with E-state index in [-0.39, 0.29) is 0 Å². The van der Waals surface area contributed by atoms with Gasteiger partial charge in [-0.1, -0.05) is 194 Å². The Balaban J connectivity index is 0.965. The number of para-hydroxylation sites is 6. The third-order valence-electron chi connectivity index (χ3n) is 17.4. The molecule has 0 fully saturated rings. The maximum absolute atomic E-state index is 6.64. The zero-order valence-corrected chi connectivity index (χ0v) is 47.1. The molecule has 2 heterocycles. The Hall–Kier alpha value is -10.7. The molecule has 4 nitrogen and oxygen atoms in total. The minimum atomic E-state index is 0.896. The Bertz CT molecular complexity index is 4860. The monoisotopic (exact) mass is 1080 g/mol. The zero-order chi connectivity index (χ0) is 56.2. The molecule has 0 aliphatic rings. The molecule has 0 atom stereocenters. The number of fused-ring (bicyclic) bond motifs is 6. The number of benzene rings is 14. The fourth-order valence-electron chi connectivity index (χ4n) is 13.8. The summed E-state index contributed by atoms with van der Waals surface area (Å²) in [4.78, 5) is 5.04. The van der Waals surface area contributed by atoms with Crippen molar-refractivity contribution in [3.05, 3.63) is 289 Å². The molecule has 0 bridgehead atoms. The highest BCUT2D eigenvalue weighted by Gasteiger charge is 2.29. The van der Waals surface area contributed by atoms with Gasteiger partial charge in [-0.05, 0) is 167 Å². The second kappa shape index (κ2) is 19.5. The second-order valence-corrected chi connectivity index (χ2v) is 22.5. The van der Waals surface area contributed by atoms with Gasteiger partial charge in [-0.25, -0.2) is 0 Å². The van der Waals surface area contributed by atoms with Crippen molar-refractivity contribution in [1.29, 1.82) is 0 Å². The first-order valence-corrected chi connectivity index (χ1v) is 29.0. The summed E-state index contributed by atoms with van der Waals surface area (Å²) in [6.07, 6.45) is 0. The van der Waals surface area contributed by atoms with Gasteiger partial charge in [-0.2, -0.15) is 0 Å². The molecule has 16 aromatic rings. The molecule has 0 spiro atoms. The third kappa shape index (κ3) is 7.75. The van der Waals surface area contributed by atoms with Crippen LogP contribution in [0.1, 0.15) is 22.3 Å². The lowest BCUT2D eigenvalue weighted by Gasteiger charge is -2.33. The van der Waals surface area contributed by atoms with Crippen molar-refractivity contribution in [3.63, 3.8) is 0 Å². The van der Waals surface area contributed by atoms with Crippen molar-refractivity contribution in [2.45, 2.75) is 27.7 Å². The van der Waals surface area contributed by atoms with Gasteiger partial charge in [0.05, 0.1) is 22.7 Å². The molecule has 14 aromatic carbocycles. The lowest BCUT2D eigenvalue weighted by molar-refractivity contribution is 0.669. The summed E-state index contributed by atoms with van der Waals surface area (Å²) in [6, 6.07) is 97.3. The number of furan rings is 2. The Kier molecular flexibility index (Phi) is 11.4. The summed E-state index contributed by atoms with van der Waals surface area (Å²) >= 11 is 0. The third-order valence-corrected chi connectivity index (χ3v) is 17.4. The van der Waals surface area contributed by atoms with Gasteiger partial charge in [-0.3, -0.25) is 0 Å². The maximum Gasteiger partial charge on any atom is 0.143 e. The predicted octanol–water partition coefficient (Wildman–Crippen LogP) is 23.2. The molecule has 0 saturated heterocycles. The molecule has 0 saturated carbocycles. The fraction of sp³-hybridized carbons (Fsp3) is 0.0500. The van der Waals surface area contributed by atoms with Crippen LogP contribution in [-0.4, -0.2) is 0 Å². The van der Waals surface area contributed by atoms with Crippen LogP contribution in [0.2, 0.25) is 0 Å². The van der Waals surface area contributed by atoms with E-state index in [0.29, 0.717) is 0 Å². The molecule has 0 unspecified atom stereocenters. The summed E-state index contributed by atoms with van der Waals surface area (Å²) in [5, 5.41) is 11.7. The van der Waals surface area contributed by atoms with Crippen LogP contribution in [0.4, 0.5) is 34.1 Å². The summed E-state index contributed by atoms with van der Waals surface area (Å²) in [7, 11) is 0. The van der Waals surface area contributed by atoms with E-state index in [2.05, 4.69) is 292 Å². The molecular formula is C80H56N2O2. The Morgan fingerprint density at radius 2 is 0.583 bits per heavy atom. The molecule has 0 aliphatic heterocycles. The van der Waals surface area contributed by atoms with E-state index in [1.807, 2.05) is 12.1 Å². The first-order valence-electron chi connectivity index (χ1n) is 29.0. The predicted molar refractivity (Wildman–Crippen MR) is 355 cm³/mol. The number of aryl methyl sites for hydroxylation is 4. The molecule has 0 amide bonds. The Morgan fingerprint density at radius 3 is 0.976 bits per heavy atom. The van der Waals surface area contributed by atoms with Gasteiger partial charge in [-0.15, -0.1) is 0 Å². The molecule has 0 radical (unpaired) electrons. The highest BCUT2D eigenvalue weighted by atomic mass is 16.3. The van der Waals surface area contributed by atoms with Gasteiger partial charge in [0.1, 0.15) is 22.3 Å². The van der Waals surface area contributed by atoms with Crippen LogP contribution < -0.4 is 9.80 Å². The average molecular weight is 1080 g/mol. The van der Waals surface area contributed by atoms with Crippen molar-refractivity contribution < 1.29 is 8.83 Å². The normalized spacial score (nSPS) is 11.8. The van der Waals surface area contributed by atoms with Crippen LogP contribution in [0, 0.1) is 27.7 Å². The van der Waals surface area contributed by atoms with Crippen molar-refractivity contribution in [2.75, 3.05) is 9.80 Å². The largest absolute Gasteiger partial charge is 0.455 e. The molecule has 84 heavy (non-hydrogen) atoms. The van der Waals surface area contributed by atoms with Gasteiger partial charge >= 0.3 is 0 Å². The van der Waals surface area contributed by atoms with Gasteiger partial charge in [0.25, 0.3) is 0 Å². The van der Waals surface area contributed by atoms with E-state index in [1.54, 1.807) is 0 Å². The van der Waals surface area contributed by atoms with Gasteiger partial charge in [0.15, 0.2) is 0 Å². The Labute approximate surface area is 487 Å². The zero-order valence-electron chi connectivity index (χ0n) is 47.1. The van der Waals surface area contributed by atoms with E-state index in [9.17, 15) is 0 Å². The molecule has 4 heteroatoms. The van der Waals surface area contributed by atoms with Crippen molar-refractivity contribution in [3.8, 4) is 44.5 Å². The van der Waals surface area contributed by atoms with E-state index >= 15 is 0 Å². The highest BCUT2D eigenvalue weighted by molar-refractivity contribution is 6.32. The number of hydrogen-bond donors (Lipinski definition) is 0. The van der Waals surface area contributed by atoms with Crippen molar-refractivity contribution in [2.24, 2.45) is 0 Å². The van der Waals surface area contributed by atoms with Crippen LogP contribution in [0.15, 0.2) is 276 Å². The lowest BCUT2D eigenvalue weighted by atomic mass is 9.85. The number of hydrogen-bond acceptors (Lipinski definition) is 4. The van der Waals surface area contributed by atoms with Crippen molar-refractivity contribution in [1.82, 2.24) is 0 Å². The minimum absolute atomic E-state index is 0.896. The molecule has 0 N–H and O–H groups in total. The smallest absolute Gasteiger partial charge is 0.143 e. The molecular weight excluding hydrogens is 1020 g/mol. The summed E-state index contributed by atoms with van der Waals surface area (Å²) < 4.78 is 13.3. The van der Waals surface area contributed by atoms with E-state index in [0.717, 1.165) is 134 Å². The second-order valence-electron chi connectivity index (χ2n) is 22.5. The number of rotatable bonds is 10. The fourth-order valence-corrected chi connectivity index (χ4v) is 13.8. The summed E-state index contributed by atoms with van der Waals surface area (Å²) in [6.45, 7) is 9.06. The first kappa shape index (κ1) is 49.2. The van der Waals surface area contributed by atoms with Crippen LogP contribution in [0.5, 0.6) is 0 Å². The van der Waals surface area contributed by atoms with Gasteiger partial charge < -0.3 is 18.6 Å². The first-order chi connectivity index (χ1) is 41.3. The van der Waals surface area contributed by atoms with E-state index < -0.39 is 0 Å². The van der Waals surface area contributed by atoms with E-state index in [4.69, 9.17) is 8.83 Å². The maximum atomic E-state index is 6.64. The molecule has 398 valence electrons. The lowest BCUT2D eigenvalue weighted by Crippen LogP contribution is -2.15. The van der Waals surface area contributed by atoms with Crippen molar-refractivity contribution >= 4 is 110 Å². The van der Waals surface area contributed by atoms with Gasteiger partial charge in [0, 0.05) is 65.6 Å². The number of nitrogens with zero attached hydrogens (tertiary/aromatic N) is 2. The van der Waals surface area contributed by atoms with E-state index in [1.165, 1.54) is 43.4 Å². The molecule has 0 aliphatic carbocycles. The summed E-state index contributed by atoms with van der Waals surface area (Å²) in [5.74, 6) is 0. The standard InChI is InChI=1S/C80H56N2O2/c1-49-43-55(59-33-21-35-65-61-31-17-19-37-73(61)83-79(59)65)44-50(2)77(49)81(57-27-13-7-14-28-57)71-47-69(53-23-9-5-10-24-53)63-40-42-68-72(48-70(54-25-11-6-12-26-54)64-39-41-67(71)75(63)76(64)68)82(58-29-15-8-16-30-58)78-51(3)45-56(46-52(78)4)60-34-22-36-66-62-32-18-20-38-74(62)84-80(60)66/h5-48H,1-4H3. The number of anilines is 6. The van der Waals surface area contributed by atoms with Crippen LogP contribution >= 0.6 is 0 Å². The molecule has 2 aromatic heterocycles. The van der Waals surface area contributed by atoms with Crippen LogP contribution in [0.3, 0.4) is 0 Å². The highest BCUT2D eigenvalue weighted by Crippen LogP contribution is 2.54. The topological polar surface area (TPSA) is 32.8 Å².